The van der Waals surface area contributed by atoms with Crippen LogP contribution in [0, 0.1) is 0 Å². The Morgan fingerprint density at radius 2 is 2.22 bits per heavy atom. The first-order valence-electron chi connectivity index (χ1n) is 5.23. The summed E-state index contributed by atoms with van der Waals surface area (Å²) in [4.78, 5) is 11.9. The van der Waals surface area contributed by atoms with E-state index in [0.717, 1.165) is 6.08 Å². The number of hydrogen-bond donors (Lipinski definition) is 1. The minimum atomic E-state index is -1.67. The van der Waals surface area contributed by atoms with E-state index >= 15 is 0 Å². The van der Waals surface area contributed by atoms with Crippen molar-refractivity contribution in [1.29, 1.82) is 0 Å². The molecule has 0 aliphatic carbocycles. The van der Waals surface area contributed by atoms with Crippen LogP contribution in [0.15, 0.2) is 18.5 Å². The molecule has 0 spiro atoms. The summed E-state index contributed by atoms with van der Waals surface area (Å²) in [5.41, 5.74) is 6.46. The molecule has 5 nitrogen and oxygen atoms in total. The van der Waals surface area contributed by atoms with Gasteiger partial charge < -0.3 is 10.3 Å². The van der Waals surface area contributed by atoms with Crippen LogP contribution in [0.4, 0.5) is 14.7 Å². The molecule has 18 heavy (non-hydrogen) atoms. The first-order valence-corrected chi connectivity index (χ1v) is 5.60. The van der Waals surface area contributed by atoms with Crippen LogP contribution in [-0.4, -0.2) is 19.5 Å². The van der Waals surface area contributed by atoms with Crippen LogP contribution in [0.25, 0.3) is 11.2 Å². The molecule has 0 aliphatic rings. The third-order valence-corrected chi connectivity index (χ3v) is 2.60. The third-order valence-electron chi connectivity index (χ3n) is 2.34. The van der Waals surface area contributed by atoms with Crippen molar-refractivity contribution in [3.05, 3.63) is 23.6 Å². The van der Waals surface area contributed by atoms with Gasteiger partial charge in [-0.2, -0.15) is 18.7 Å². The summed E-state index contributed by atoms with van der Waals surface area (Å²) in [6.07, 6.45) is 1.59. The molecule has 2 aromatic rings. The van der Waals surface area contributed by atoms with Crippen LogP contribution in [0.2, 0.25) is 5.15 Å². The zero-order valence-electron chi connectivity index (χ0n) is 9.28. The van der Waals surface area contributed by atoms with E-state index in [-0.39, 0.29) is 17.5 Å². The smallest absolute Gasteiger partial charge is 0.266 e. The summed E-state index contributed by atoms with van der Waals surface area (Å²) in [5, 5.41) is 0.186. The van der Waals surface area contributed by atoms with Gasteiger partial charge in [-0.1, -0.05) is 11.6 Å². The van der Waals surface area contributed by atoms with Crippen molar-refractivity contribution in [2.45, 2.75) is 19.4 Å². The van der Waals surface area contributed by atoms with E-state index in [1.54, 1.807) is 10.9 Å². The zero-order valence-corrected chi connectivity index (χ0v) is 10.0. The van der Waals surface area contributed by atoms with Crippen molar-refractivity contribution in [2.24, 2.45) is 0 Å². The monoisotopic (exact) mass is 273 g/mol. The number of nitrogen functional groups attached to an aromatic ring is 1. The van der Waals surface area contributed by atoms with E-state index in [2.05, 4.69) is 15.0 Å². The number of nitrogens with two attached hydrogens (primary N) is 1. The van der Waals surface area contributed by atoms with Crippen molar-refractivity contribution in [3.8, 4) is 0 Å². The fourth-order valence-electron chi connectivity index (χ4n) is 1.56. The first-order chi connectivity index (χ1) is 8.58. The summed E-state index contributed by atoms with van der Waals surface area (Å²) >= 11 is 5.86. The van der Waals surface area contributed by atoms with Crippen LogP contribution in [-0.2, 0) is 6.54 Å². The van der Waals surface area contributed by atoms with E-state index in [4.69, 9.17) is 17.3 Å². The summed E-state index contributed by atoms with van der Waals surface area (Å²) in [6.45, 7) is 0.507. The predicted octanol–water partition coefficient (Wildman–Crippen LogP) is 2.62. The molecule has 8 heteroatoms. The number of rotatable bonds is 4. The van der Waals surface area contributed by atoms with E-state index < -0.39 is 6.08 Å². The minimum Gasteiger partial charge on any atom is -0.368 e. The molecule has 0 radical (unpaired) electrons. The second-order valence-electron chi connectivity index (χ2n) is 3.62. The lowest BCUT2D eigenvalue weighted by Gasteiger charge is -2.02. The normalized spacial score (nSPS) is 10.8. The van der Waals surface area contributed by atoms with Crippen LogP contribution in [0.1, 0.15) is 12.8 Å². The van der Waals surface area contributed by atoms with E-state index in [1.165, 1.54) is 0 Å². The number of allylic oxidation sites excluding steroid dienone is 1. The van der Waals surface area contributed by atoms with Gasteiger partial charge in [0, 0.05) is 6.54 Å². The summed E-state index contributed by atoms with van der Waals surface area (Å²) in [6, 6.07) is 0. The van der Waals surface area contributed by atoms with Gasteiger partial charge in [0.05, 0.1) is 6.33 Å². The Bertz CT molecular complexity index is 591. The summed E-state index contributed by atoms with van der Waals surface area (Å²) < 4.78 is 25.4. The van der Waals surface area contributed by atoms with Gasteiger partial charge in [0.2, 0.25) is 5.95 Å². The van der Waals surface area contributed by atoms with E-state index in [1.807, 2.05) is 0 Å². The molecule has 0 saturated carbocycles. The van der Waals surface area contributed by atoms with Crippen molar-refractivity contribution in [2.75, 3.05) is 5.73 Å². The number of aryl methyl sites for hydroxylation is 1. The van der Waals surface area contributed by atoms with Crippen molar-refractivity contribution < 1.29 is 8.78 Å². The largest absolute Gasteiger partial charge is 0.368 e. The highest BCUT2D eigenvalue weighted by molar-refractivity contribution is 6.33. The van der Waals surface area contributed by atoms with E-state index in [0.29, 0.717) is 24.1 Å². The van der Waals surface area contributed by atoms with Crippen LogP contribution < -0.4 is 5.73 Å². The number of nitrogens with zero attached hydrogens (tertiary/aromatic N) is 4. The zero-order chi connectivity index (χ0) is 13.1. The third kappa shape index (κ3) is 2.73. The Balaban J connectivity index is 2.17. The van der Waals surface area contributed by atoms with Crippen LogP contribution >= 0.6 is 11.6 Å². The number of fused-ring (bicyclic) bond motifs is 1. The van der Waals surface area contributed by atoms with E-state index in [9.17, 15) is 8.78 Å². The highest BCUT2D eigenvalue weighted by atomic mass is 35.5. The molecule has 0 amide bonds. The average Bonchev–Trinajstić information content (AvgIpc) is 2.67. The van der Waals surface area contributed by atoms with Crippen molar-refractivity contribution >= 4 is 28.7 Å². The Kier molecular flexibility index (Phi) is 3.71. The topological polar surface area (TPSA) is 69.6 Å². The molecule has 0 fully saturated rings. The maximum Gasteiger partial charge on any atom is 0.266 e. The Morgan fingerprint density at radius 3 is 2.94 bits per heavy atom. The SMILES string of the molecule is Nc1nc(Cl)c2ncn(CCCC=C(F)F)c2n1. The van der Waals surface area contributed by atoms with Gasteiger partial charge in [-0.3, -0.25) is 0 Å². The van der Waals surface area contributed by atoms with Gasteiger partial charge in [0.15, 0.2) is 10.8 Å². The number of hydrogen-bond acceptors (Lipinski definition) is 4. The molecule has 2 N–H and O–H groups in total. The fourth-order valence-corrected chi connectivity index (χ4v) is 1.78. The number of aromatic nitrogens is 4. The van der Waals surface area contributed by atoms with Crippen molar-refractivity contribution in [1.82, 2.24) is 19.5 Å². The van der Waals surface area contributed by atoms with Gasteiger partial charge in [0.25, 0.3) is 6.08 Å². The first kappa shape index (κ1) is 12.7. The van der Waals surface area contributed by atoms with Gasteiger partial charge in [0.1, 0.15) is 5.52 Å². The lowest BCUT2D eigenvalue weighted by atomic mass is 10.3. The molecule has 0 atom stereocenters. The second kappa shape index (κ2) is 5.26. The highest BCUT2D eigenvalue weighted by Crippen LogP contribution is 2.19. The number of imidazole rings is 1. The lowest BCUT2D eigenvalue weighted by Crippen LogP contribution is -2.01. The van der Waals surface area contributed by atoms with Gasteiger partial charge in [-0.05, 0) is 18.9 Å². The molecule has 0 unspecified atom stereocenters. The summed E-state index contributed by atoms with van der Waals surface area (Å²) in [7, 11) is 0. The number of halogens is 3. The van der Waals surface area contributed by atoms with Crippen molar-refractivity contribution in [3.63, 3.8) is 0 Å². The van der Waals surface area contributed by atoms with Gasteiger partial charge in [-0.15, -0.1) is 0 Å². The molecule has 2 rings (SSSR count). The second-order valence-corrected chi connectivity index (χ2v) is 3.98. The molecule has 0 bridgehead atoms. The van der Waals surface area contributed by atoms with Gasteiger partial charge in [-0.25, -0.2) is 4.98 Å². The quantitative estimate of drug-likeness (QED) is 0.687. The summed E-state index contributed by atoms with van der Waals surface area (Å²) in [5.74, 6) is 0.0592. The van der Waals surface area contributed by atoms with Gasteiger partial charge >= 0.3 is 0 Å². The lowest BCUT2D eigenvalue weighted by molar-refractivity contribution is 0.416. The fraction of sp³-hybridized carbons (Fsp3) is 0.300. The van der Waals surface area contributed by atoms with Crippen LogP contribution in [0.5, 0.6) is 0 Å². The molecule has 2 heterocycles. The molecule has 2 aromatic heterocycles. The minimum absolute atomic E-state index is 0.0592. The van der Waals surface area contributed by atoms with Crippen LogP contribution in [0.3, 0.4) is 0 Å². The molecule has 0 aromatic carbocycles. The maximum atomic E-state index is 11.8. The molecule has 96 valence electrons. The number of anilines is 1. The standard InChI is InChI=1S/C10H10ClF2N5/c11-8-7-9(17-10(14)16-8)18(5-15-7)4-2-1-3-6(12)13/h3,5H,1-2,4H2,(H2,14,16,17). The highest BCUT2D eigenvalue weighted by Gasteiger charge is 2.10. The number of unbranched alkanes of at least 4 members (excludes halogenated alkanes) is 1. The Labute approximate surface area is 106 Å². The molecular weight excluding hydrogens is 264 g/mol. The average molecular weight is 274 g/mol. The predicted molar refractivity (Wildman–Crippen MR) is 64.3 cm³/mol. The molecule has 0 aliphatic heterocycles. The molecule has 0 saturated heterocycles. The molecular formula is C10H10ClF2N5. The Morgan fingerprint density at radius 1 is 1.44 bits per heavy atom. The Hall–Kier alpha value is -1.76. The maximum absolute atomic E-state index is 11.8.